The molecule has 0 radical (unpaired) electrons. The van der Waals surface area contributed by atoms with E-state index >= 15 is 0 Å². The Labute approximate surface area is 203 Å². The van der Waals surface area contributed by atoms with Crippen molar-refractivity contribution in [2.45, 2.75) is 12.8 Å². The van der Waals surface area contributed by atoms with Crippen LogP contribution in [0.15, 0.2) is 115 Å². The van der Waals surface area contributed by atoms with Crippen LogP contribution >= 0.6 is 0 Å². The molecule has 0 bridgehead atoms. The zero-order valence-electron chi connectivity index (χ0n) is 19.7. The van der Waals surface area contributed by atoms with Crippen LogP contribution in [0.2, 0.25) is 0 Å². The molecule has 2 aromatic rings. The summed E-state index contributed by atoms with van der Waals surface area (Å²) in [6.07, 6.45) is 13.5. The van der Waals surface area contributed by atoms with E-state index in [-0.39, 0.29) is 0 Å². The second-order valence-electron chi connectivity index (χ2n) is 7.65. The van der Waals surface area contributed by atoms with Gasteiger partial charge in [-0.25, -0.2) is 0 Å². The van der Waals surface area contributed by atoms with E-state index < -0.39 is 0 Å². The lowest BCUT2D eigenvalue weighted by Gasteiger charge is -2.09. The molecular formula is C32H28O2. The van der Waals surface area contributed by atoms with Gasteiger partial charge in [0.15, 0.2) is 0 Å². The zero-order chi connectivity index (χ0) is 24.2. The van der Waals surface area contributed by atoms with Gasteiger partial charge in [-0.05, 0) is 72.2 Å². The topological polar surface area (TPSA) is 18.5 Å². The third-order valence-electron chi connectivity index (χ3n) is 5.10. The smallest absolute Gasteiger partial charge is 0.118 e. The lowest BCUT2D eigenvalue weighted by atomic mass is 10.0. The molecule has 0 unspecified atom stereocenters. The molecule has 1 aliphatic rings. The van der Waals surface area contributed by atoms with E-state index in [0.717, 1.165) is 57.8 Å². The van der Waals surface area contributed by atoms with Crippen molar-refractivity contribution in [3.8, 4) is 29.4 Å². The Morgan fingerprint density at radius 3 is 2.03 bits per heavy atom. The summed E-state index contributed by atoms with van der Waals surface area (Å²) in [4.78, 5) is 0. The summed E-state index contributed by atoms with van der Waals surface area (Å²) in [5, 5.41) is 0. The Balaban J connectivity index is 1.52. The molecule has 2 nitrogen and oxygen atoms in total. The Morgan fingerprint density at radius 1 is 0.765 bits per heavy atom. The van der Waals surface area contributed by atoms with Gasteiger partial charge in [0.2, 0.25) is 0 Å². The highest BCUT2D eigenvalue weighted by atomic mass is 16.5. The van der Waals surface area contributed by atoms with Crippen LogP contribution in [0.25, 0.3) is 6.08 Å². The number of allylic oxidation sites excluding steroid dienone is 9. The fraction of sp³-hybridized carbons (Fsp3) is 0.125. The SMILES string of the molecule is C=C(C#CC1=CC=C(OC)CC1)/C=C\C(=C)/C=C/c1ccc(C#Cc2ccc(OC)cc2)cc1. The highest BCUT2D eigenvalue weighted by Gasteiger charge is 2.03. The normalized spacial score (nSPS) is 12.6. The van der Waals surface area contributed by atoms with Gasteiger partial charge in [-0.2, -0.15) is 0 Å². The third-order valence-corrected chi connectivity index (χ3v) is 5.10. The van der Waals surface area contributed by atoms with Gasteiger partial charge < -0.3 is 9.47 Å². The molecule has 0 saturated heterocycles. The van der Waals surface area contributed by atoms with Gasteiger partial charge >= 0.3 is 0 Å². The minimum atomic E-state index is 0.747. The summed E-state index contributed by atoms with van der Waals surface area (Å²) in [6, 6.07) is 15.8. The predicted octanol–water partition coefficient (Wildman–Crippen LogP) is 7.03. The minimum Gasteiger partial charge on any atom is -0.501 e. The number of benzene rings is 2. The van der Waals surface area contributed by atoms with Gasteiger partial charge in [-0.3, -0.25) is 0 Å². The van der Waals surface area contributed by atoms with E-state index in [2.05, 4.69) is 36.8 Å². The lowest BCUT2D eigenvalue weighted by molar-refractivity contribution is 0.276. The fourth-order valence-electron chi connectivity index (χ4n) is 3.06. The molecule has 0 saturated carbocycles. The first-order valence-electron chi connectivity index (χ1n) is 11.0. The van der Waals surface area contributed by atoms with Crippen LogP contribution in [0.3, 0.4) is 0 Å². The van der Waals surface area contributed by atoms with Crippen molar-refractivity contribution in [2.24, 2.45) is 0 Å². The maximum absolute atomic E-state index is 5.24. The molecule has 0 spiro atoms. The number of hydrogen-bond donors (Lipinski definition) is 0. The molecule has 0 fully saturated rings. The highest BCUT2D eigenvalue weighted by Crippen LogP contribution is 2.18. The number of methoxy groups -OCH3 is 2. The summed E-state index contributed by atoms with van der Waals surface area (Å²) < 4.78 is 10.4. The average molecular weight is 445 g/mol. The lowest BCUT2D eigenvalue weighted by Crippen LogP contribution is -1.93. The van der Waals surface area contributed by atoms with Crippen molar-refractivity contribution in [3.63, 3.8) is 0 Å². The van der Waals surface area contributed by atoms with Crippen LogP contribution in [0.1, 0.15) is 29.5 Å². The molecule has 0 heterocycles. The highest BCUT2D eigenvalue weighted by molar-refractivity contribution is 5.57. The second-order valence-corrected chi connectivity index (χ2v) is 7.65. The number of rotatable bonds is 6. The molecule has 0 N–H and O–H groups in total. The Morgan fingerprint density at radius 2 is 1.44 bits per heavy atom. The van der Waals surface area contributed by atoms with Crippen LogP contribution in [-0.4, -0.2) is 14.2 Å². The molecule has 2 aromatic carbocycles. The van der Waals surface area contributed by atoms with Crippen molar-refractivity contribution in [1.29, 1.82) is 0 Å². The van der Waals surface area contributed by atoms with Crippen LogP contribution in [0.5, 0.6) is 5.75 Å². The largest absolute Gasteiger partial charge is 0.501 e. The quantitative estimate of drug-likeness (QED) is 0.352. The molecule has 34 heavy (non-hydrogen) atoms. The molecule has 0 aromatic heterocycles. The molecular weight excluding hydrogens is 416 g/mol. The molecule has 3 rings (SSSR count). The molecule has 0 aliphatic heterocycles. The fourth-order valence-corrected chi connectivity index (χ4v) is 3.06. The monoisotopic (exact) mass is 444 g/mol. The first-order valence-corrected chi connectivity index (χ1v) is 11.0. The summed E-state index contributed by atoms with van der Waals surface area (Å²) in [5.41, 5.74) is 5.70. The van der Waals surface area contributed by atoms with Crippen LogP contribution in [0.4, 0.5) is 0 Å². The first-order chi connectivity index (χ1) is 16.6. The van der Waals surface area contributed by atoms with E-state index in [1.54, 1.807) is 14.2 Å². The first kappa shape index (κ1) is 24.2. The van der Waals surface area contributed by atoms with Gasteiger partial charge in [-0.15, -0.1) is 0 Å². The van der Waals surface area contributed by atoms with Gasteiger partial charge in [0, 0.05) is 28.7 Å². The van der Waals surface area contributed by atoms with Crippen molar-refractivity contribution in [3.05, 3.63) is 131 Å². The van der Waals surface area contributed by atoms with Crippen molar-refractivity contribution in [2.75, 3.05) is 14.2 Å². The van der Waals surface area contributed by atoms with E-state index in [0.29, 0.717) is 0 Å². The molecule has 0 amide bonds. The number of hydrogen-bond acceptors (Lipinski definition) is 2. The standard InChI is InChI=1S/C32H28O2/c1-25(5-6-26(2)8-10-28-17-21-31(33-3)22-18-28)7-9-27-11-13-29(14-12-27)15-16-30-19-23-32(34-4)24-20-30/h5-7,9,11-14,17,19-21,23-24H,1-2,18,22H2,3-4H3/b6-5-,9-7+. The Kier molecular flexibility index (Phi) is 8.98. The Bertz CT molecular complexity index is 1270. The summed E-state index contributed by atoms with van der Waals surface area (Å²) in [6.45, 7) is 8.08. The van der Waals surface area contributed by atoms with Crippen LogP contribution in [0, 0.1) is 23.7 Å². The van der Waals surface area contributed by atoms with E-state index in [1.165, 1.54) is 0 Å². The Hall–Kier alpha value is -4.40. The van der Waals surface area contributed by atoms with Crippen molar-refractivity contribution in [1.82, 2.24) is 0 Å². The molecule has 168 valence electrons. The zero-order valence-corrected chi connectivity index (χ0v) is 19.7. The average Bonchev–Trinajstić information content (AvgIpc) is 2.89. The summed E-state index contributed by atoms with van der Waals surface area (Å²) in [7, 11) is 3.35. The molecule has 2 heteroatoms. The predicted molar refractivity (Wildman–Crippen MR) is 142 cm³/mol. The molecule has 1 aliphatic carbocycles. The third kappa shape index (κ3) is 7.94. The minimum absolute atomic E-state index is 0.747. The van der Waals surface area contributed by atoms with E-state index in [4.69, 9.17) is 9.47 Å². The molecule has 0 atom stereocenters. The van der Waals surface area contributed by atoms with Gasteiger partial charge in [0.25, 0.3) is 0 Å². The van der Waals surface area contributed by atoms with Gasteiger partial charge in [0.1, 0.15) is 5.75 Å². The second kappa shape index (κ2) is 12.6. The van der Waals surface area contributed by atoms with Crippen molar-refractivity contribution >= 4 is 6.08 Å². The van der Waals surface area contributed by atoms with Crippen LogP contribution < -0.4 is 4.74 Å². The van der Waals surface area contributed by atoms with Crippen molar-refractivity contribution < 1.29 is 9.47 Å². The van der Waals surface area contributed by atoms with E-state index in [9.17, 15) is 0 Å². The summed E-state index contributed by atoms with van der Waals surface area (Å²) >= 11 is 0. The maximum Gasteiger partial charge on any atom is 0.118 e. The number of ether oxygens (including phenoxy) is 2. The maximum atomic E-state index is 5.24. The van der Waals surface area contributed by atoms with Gasteiger partial charge in [-0.1, -0.05) is 67.2 Å². The van der Waals surface area contributed by atoms with Gasteiger partial charge in [0.05, 0.1) is 20.0 Å². The summed E-state index contributed by atoms with van der Waals surface area (Å²) in [5.74, 6) is 14.4. The van der Waals surface area contributed by atoms with Crippen LogP contribution in [-0.2, 0) is 4.74 Å². The van der Waals surface area contributed by atoms with E-state index in [1.807, 2.05) is 85.0 Å².